The molecule has 22 heavy (non-hydrogen) atoms. The molecular weight excluding hydrogens is 272 g/mol. The molecule has 0 spiro atoms. The highest BCUT2D eigenvalue weighted by Gasteiger charge is 2.23. The van der Waals surface area contributed by atoms with Gasteiger partial charge in [-0.05, 0) is 56.8 Å². The van der Waals surface area contributed by atoms with Gasteiger partial charge in [0.1, 0.15) is 0 Å². The molecule has 0 aromatic heterocycles. The van der Waals surface area contributed by atoms with Crippen LogP contribution in [0, 0.1) is 11.8 Å². The van der Waals surface area contributed by atoms with Crippen molar-refractivity contribution in [1.29, 1.82) is 0 Å². The minimum Gasteiger partial charge on any atom is -0.481 e. The molecule has 1 rings (SSSR count). The van der Waals surface area contributed by atoms with Crippen LogP contribution in [-0.4, -0.2) is 11.1 Å². The Hall–Kier alpha value is -1.05. The second-order valence-corrected chi connectivity index (χ2v) is 6.63. The molecule has 0 saturated heterocycles. The number of allylic oxidation sites excluding steroid dienone is 4. The van der Waals surface area contributed by atoms with E-state index in [2.05, 4.69) is 31.2 Å². The maximum absolute atomic E-state index is 10.4. The summed E-state index contributed by atoms with van der Waals surface area (Å²) in [6.07, 6.45) is 23.1. The predicted octanol–water partition coefficient (Wildman–Crippen LogP) is 6.13. The van der Waals surface area contributed by atoms with Crippen LogP contribution in [0.4, 0.5) is 0 Å². The molecule has 2 nitrogen and oxygen atoms in total. The zero-order valence-electron chi connectivity index (χ0n) is 14.3. The Balaban J connectivity index is 2.15. The van der Waals surface area contributed by atoms with Gasteiger partial charge in [0.05, 0.1) is 0 Å². The van der Waals surface area contributed by atoms with Crippen LogP contribution in [-0.2, 0) is 4.79 Å². The van der Waals surface area contributed by atoms with Crippen molar-refractivity contribution in [3.63, 3.8) is 0 Å². The number of carbonyl (C=O) groups is 1. The number of hydrogen-bond donors (Lipinski definition) is 1. The Morgan fingerprint density at radius 1 is 1.05 bits per heavy atom. The van der Waals surface area contributed by atoms with Crippen molar-refractivity contribution in [2.45, 2.75) is 84.0 Å². The van der Waals surface area contributed by atoms with E-state index in [1.807, 2.05) is 0 Å². The zero-order valence-corrected chi connectivity index (χ0v) is 14.3. The molecule has 1 aliphatic carbocycles. The van der Waals surface area contributed by atoms with Gasteiger partial charge in [-0.25, -0.2) is 0 Å². The van der Waals surface area contributed by atoms with E-state index in [-0.39, 0.29) is 6.42 Å². The van der Waals surface area contributed by atoms with Crippen LogP contribution in [0.25, 0.3) is 0 Å². The maximum atomic E-state index is 10.4. The monoisotopic (exact) mass is 306 g/mol. The first-order chi connectivity index (χ1) is 10.7. The molecule has 1 saturated carbocycles. The minimum absolute atomic E-state index is 0.289. The van der Waals surface area contributed by atoms with Crippen LogP contribution in [0.3, 0.4) is 0 Å². The lowest BCUT2D eigenvalue weighted by Gasteiger charge is -2.14. The van der Waals surface area contributed by atoms with Crippen LogP contribution in [0.15, 0.2) is 24.3 Å². The number of unbranched alkanes of at least 4 members (excludes halogenated alkanes) is 5. The van der Waals surface area contributed by atoms with E-state index in [4.69, 9.17) is 5.11 Å². The summed E-state index contributed by atoms with van der Waals surface area (Å²) in [6, 6.07) is 0. The number of carboxylic acid groups (broad SMARTS) is 1. The summed E-state index contributed by atoms with van der Waals surface area (Å²) in [6.45, 7) is 2.26. The van der Waals surface area contributed by atoms with Crippen LogP contribution in [0.2, 0.25) is 0 Å². The molecule has 0 aromatic rings. The predicted molar refractivity (Wildman–Crippen MR) is 94.0 cm³/mol. The average molecular weight is 306 g/mol. The molecular formula is C20H34O2. The van der Waals surface area contributed by atoms with Crippen LogP contribution >= 0.6 is 0 Å². The van der Waals surface area contributed by atoms with E-state index in [0.717, 1.165) is 31.1 Å². The summed E-state index contributed by atoms with van der Waals surface area (Å²) in [5, 5.41) is 8.60. The van der Waals surface area contributed by atoms with Crippen molar-refractivity contribution < 1.29 is 9.90 Å². The van der Waals surface area contributed by atoms with E-state index in [0.29, 0.717) is 0 Å². The first kappa shape index (κ1) is 19.0. The molecule has 1 fully saturated rings. The lowest BCUT2D eigenvalue weighted by molar-refractivity contribution is -0.137. The molecule has 2 heteroatoms. The number of rotatable bonds is 12. The Morgan fingerprint density at radius 3 is 2.64 bits per heavy atom. The highest BCUT2D eigenvalue weighted by atomic mass is 16.4. The normalized spacial score (nSPS) is 22.0. The molecule has 0 aliphatic heterocycles. The summed E-state index contributed by atoms with van der Waals surface area (Å²) in [4.78, 5) is 10.4. The van der Waals surface area contributed by atoms with Gasteiger partial charge in [-0.2, -0.15) is 0 Å². The van der Waals surface area contributed by atoms with Crippen molar-refractivity contribution in [3.05, 3.63) is 24.3 Å². The smallest absolute Gasteiger partial charge is 0.303 e. The number of aliphatic carboxylic acids is 1. The van der Waals surface area contributed by atoms with Gasteiger partial charge in [0.2, 0.25) is 0 Å². The Labute approximate surface area is 136 Å². The largest absolute Gasteiger partial charge is 0.481 e. The van der Waals surface area contributed by atoms with E-state index in [1.54, 1.807) is 0 Å². The van der Waals surface area contributed by atoms with Gasteiger partial charge in [0.15, 0.2) is 0 Å². The molecule has 1 aliphatic rings. The third-order valence-corrected chi connectivity index (χ3v) is 4.69. The van der Waals surface area contributed by atoms with Crippen molar-refractivity contribution in [3.8, 4) is 0 Å². The van der Waals surface area contributed by atoms with Crippen molar-refractivity contribution in [1.82, 2.24) is 0 Å². The van der Waals surface area contributed by atoms with E-state index < -0.39 is 5.97 Å². The Morgan fingerprint density at radius 2 is 1.86 bits per heavy atom. The van der Waals surface area contributed by atoms with Gasteiger partial charge in [-0.15, -0.1) is 0 Å². The summed E-state index contributed by atoms with van der Waals surface area (Å²) in [7, 11) is 0. The zero-order chi connectivity index (χ0) is 16.0. The average Bonchev–Trinajstić information content (AvgIpc) is 2.93. The first-order valence-corrected chi connectivity index (χ1v) is 9.27. The van der Waals surface area contributed by atoms with Crippen molar-refractivity contribution in [2.75, 3.05) is 0 Å². The molecule has 0 aromatic carbocycles. The molecule has 0 bridgehead atoms. The van der Waals surface area contributed by atoms with Crippen molar-refractivity contribution in [2.24, 2.45) is 11.8 Å². The topological polar surface area (TPSA) is 37.3 Å². The summed E-state index contributed by atoms with van der Waals surface area (Å²) in [5.41, 5.74) is 0. The van der Waals surface area contributed by atoms with Crippen LogP contribution in [0.1, 0.15) is 84.0 Å². The SMILES string of the molecule is CCCCCC/C=C/[C@H]1CCCC1C/C=C\CCCC(=O)O. The van der Waals surface area contributed by atoms with Gasteiger partial charge in [-0.3, -0.25) is 4.79 Å². The molecule has 1 unspecified atom stereocenters. The number of hydrogen-bond acceptors (Lipinski definition) is 1. The molecule has 126 valence electrons. The fourth-order valence-electron chi connectivity index (χ4n) is 3.33. The fourth-order valence-corrected chi connectivity index (χ4v) is 3.33. The molecule has 0 amide bonds. The summed E-state index contributed by atoms with van der Waals surface area (Å²) < 4.78 is 0. The first-order valence-electron chi connectivity index (χ1n) is 9.27. The van der Waals surface area contributed by atoms with Crippen LogP contribution in [0.5, 0.6) is 0 Å². The van der Waals surface area contributed by atoms with Gasteiger partial charge >= 0.3 is 5.97 Å². The maximum Gasteiger partial charge on any atom is 0.303 e. The Bertz CT molecular complexity index is 344. The standard InChI is InChI=1S/C20H34O2/c1-2-3-4-5-6-9-13-18-15-12-16-19(18)14-10-7-8-11-17-20(21)22/h7,9-10,13,18-19H,2-6,8,11-12,14-17H2,1H3,(H,21,22)/b10-7-,13-9+/t18-,19?/m0/s1. The lowest BCUT2D eigenvalue weighted by Crippen LogP contribution is -2.03. The fraction of sp³-hybridized carbons (Fsp3) is 0.750. The highest BCUT2D eigenvalue weighted by Crippen LogP contribution is 2.35. The van der Waals surface area contributed by atoms with E-state index in [1.165, 1.54) is 51.4 Å². The van der Waals surface area contributed by atoms with Gasteiger partial charge in [0, 0.05) is 6.42 Å². The molecule has 0 radical (unpaired) electrons. The molecule has 0 heterocycles. The molecule has 2 atom stereocenters. The van der Waals surface area contributed by atoms with Gasteiger partial charge in [0.25, 0.3) is 0 Å². The van der Waals surface area contributed by atoms with E-state index in [9.17, 15) is 4.79 Å². The van der Waals surface area contributed by atoms with Gasteiger partial charge < -0.3 is 5.11 Å². The Kier molecular flexibility index (Phi) is 10.8. The molecule has 1 N–H and O–H groups in total. The van der Waals surface area contributed by atoms with Crippen LogP contribution < -0.4 is 0 Å². The van der Waals surface area contributed by atoms with Gasteiger partial charge in [-0.1, -0.05) is 56.9 Å². The summed E-state index contributed by atoms with van der Waals surface area (Å²) in [5.74, 6) is 0.894. The third-order valence-electron chi connectivity index (χ3n) is 4.69. The number of carboxylic acids is 1. The third kappa shape index (κ3) is 9.07. The minimum atomic E-state index is -0.687. The second-order valence-electron chi connectivity index (χ2n) is 6.63. The second kappa shape index (κ2) is 12.5. The highest BCUT2D eigenvalue weighted by molar-refractivity contribution is 5.66. The van der Waals surface area contributed by atoms with E-state index >= 15 is 0 Å². The quantitative estimate of drug-likeness (QED) is 0.348. The van der Waals surface area contributed by atoms with Crippen molar-refractivity contribution >= 4 is 5.97 Å². The lowest BCUT2D eigenvalue weighted by atomic mass is 9.92. The summed E-state index contributed by atoms with van der Waals surface area (Å²) >= 11 is 0.